The van der Waals surface area contributed by atoms with Gasteiger partial charge in [0.1, 0.15) is 0 Å². The van der Waals surface area contributed by atoms with Gasteiger partial charge in [-0.2, -0.15) is 0 Å². The highest BCUT2D eigenvalue weighted by atomic mass is 15.2. The van der Waals surface area contributed by atoms with Crippen LogP contribution in [0.25, 0.3) is 0 Å². The van der Waals surface area contributed by atoms with Crippen molar-refractivity contribution in [3.05, 3.63) is 0 Å². The van der Waals surface area contributed by atoms with Gasteiger partial charge >= 0.3 is 0 Å². The zero-order chi connectivity index (χ0) is 11.4. The fourth-order valence-corrected chi connectivity index (χ4v) is 3.74. The van der Waals surface area contributed by atoms with E-state index in [-0.39, 0.29) is 0 Å². The molecule has 2 aliphatic rings. The number of likely N-dealkylation sites (tertiary alicyclic amines) is 2. The van der Waals surface area contributed by atoms with Crippen LogP contribution in [0.3, 0.4) is 0 Å². The minimum atomic E-state index is 0.977. The Labute approximate surface area is 101 Å². The Morgan fingerprint density at radius 2 is 1.81 bits per heavy atom. The van der Waals surface area contributed by atoms with Crippen molar-refractivity contribution in [3.8, 4) is 0 Å². The van der Waals surface area contributed by atoms with Gasteiger partial charge in [0.25, 0.3) is 0 Å². The highest BCUT2D eigenvalue weighted by Gasteiger charge is 2.31. The first kappa shape index (κ1) is 12.4. The number of piperidine rings is 2. The van der Waals surface area contributed by atoms with Crippen molar-refractivity contribution in [2.24, 2.45) is 5.92 Å². The van der Waals surface area contributed by atoms with Crippen molar-refractivity contribution in [1.29, 1.82) is 0 Å². The molecule has 2 aliphatic heterocycles. The van der Waals surface area contributed by atoms with Gasteiger partial charge in [-0.25, -0.2) is 0 Å². The molecule has 0 radical (unpaired) electrons. The molecular weight excluding hydrogens is 196 g/mol. The molecular formula is C14H30N2+2. The molecule has 2 atom stereocenters. The third kappa shape index (κ3) is 3.21. The molecule has 94 valence electrons. The minimum Gasteiger partial charge on any atom is -0.335 e. The predicted molar refractivity (Wildman–Crippen MR) is 68.0 cm³/mol. The summed E-state index contributed by atoms with van der Waals surface area (Å²) in [7, 11) is 0. The van der Waals surface area contributed by atoms with E-state index in [1.54, 1.807) is 0 Å². The molecule has 2 heteroatoms. The van der Waals surface area contributed by atoms with Crippen LogP contribution in [0.2, 0.25) is 0 Å². The summed E-state index contributed by atoms with van der Waals surface area (Å²) in [6, 6.07) is 1.00. The second kappa shape index (κ2) is 6.02. The normalized spacial score (nSPS) is 40.9. The Kier molecular flexibility index (Phi) is 4.66. The molecule has 0 aromatic carbocycles. The molecule has 2 N–H and O–H groups in total. The highest BCUT2D eigenvalue weighted by Crippen LogP contribution is 2.07. The molecule has 2 fully saturated rings. The lowest BCUT2D eigenvalue weighted by molar-refractivity contribution is -0.962. The molecule has 0 aliphatic carbocycles. The number of hydrogen-bond donors (Lipinski definition) is 2. The maximum Gasteiger partial charge on any atom is 0.0983 e. The second-order valence-corrected chi connectivity index (χ2v) is 6.13. The Morgan fingerprint density at radius 1 is 1.06 bits per heavy atom. The van der Waals surface area contributed by atoms with Crippen LogP contribution in [-0.4, -0.2) is 38.8 Å². The molecule has 0 amide bonds. The lowest BCUT2D eigenvalue weighted by Crippen LogP contribution is -3.21. The van der Waals surface area contributed by atoms with Crippen molar-refractivity contribution >= 4 is 0 Å². The van der Waals surface area contributed by atoms with Crippen molar-refractivity contribution in [2.75, 3.05) is 32.7 Å². The van der Waals surface area contributed by atoms with E-state index < -0.39 is 0 Å². The zero-order valence-electron chi connectivity index (χ0n) is 11.2. The van der Waals surface area contributed by atoms with Gasteiger partial charge in [-0.1, -0.05) is 13.8 Å². The van der Waals surface area contributed by atoms with Gasteiger partial charge in [0.2, 0.25) is 0 Å². The van der Waals surface area contributed by atoms with Crippen molar-refractivity contribution in [2.45, 2.75) is 52.0 Å². The number of nitrogens with one attached hydrogen (secondary N) is 2. The zero-order valence-corrected chi connectivity index (χ0v) is 11.2. The molecule has 1 unspecified atom stereocenters. The van der Waals surface area contributed by atoms with E-state index >= 15 is 0 Å². The highest BCUT2D eigenvalue weighted by molar-refractivity contribution is 4.64. The molecule has 2 heterocycles. The lowest BCUT2D eigenvalue weighted by atomic mass is 9.95. The van der Waals surface area contributed by atoms with E-state index in [1.165, 1.54) is 64.8 Å². The molecule has 2 rings (SSSR count). The summed E-state index contributed by atoms with van der Waals surface area (Å²) >= 11 is 0. The summed E-state index contributed by atoms with van der Waals surface area (Å²) in [4.78, 5) is 3.80. The quantitative estimate of drug-likeness (QED) is 0.657. The van der Waals surface area contributed by atoms with Crippen LogP contribution >= 0.6 is 0 Å². The Balaban J connectivity index is 1.75. The molecule has 0 saturated carbocycles. The van der Waals surface area contributed by atoms with Crippen LogP contribution in [0.4, 0.5) is 0 Å². The average molecular weight is 226 g/mol. The smallest absolute Gasteiger partial charge is 0.0983 e. The van der Waals surface area contributed by atoms with Crippen molar-refractivity contribution in [1.82, 2.24) is 0 Å². The van der Waals surface area contributed by atoms with Crippen molar-refractivity contribution < 1.29 is 9.80 Å². The number of hydrogen-bond acceptors (Lipinski definition) is 0. The van der Waals surface area contributed by atoms with E-state index in [4.69, 9.17) is 0 Å². The predicted octanol–water partition coefficient (Wildman–Crippen LogP) is -0.241. The largest absolute Gasteiger partial charge is 0.335 e. The fourth-order valence-electron chi connectivity index (χ4n) is 3.74. The minimum absolute atomic E-state index is 0.977. The van der Waals surface area contributed by atoms with Crippen LogP contribution in [-0.2, 0) is 0 Å². The molecule has 0 aromatic rings. The monoisotopic (exact) mass is 226 g/mol. The number of quaternary nitrogens is 2. The summed E-state index contributed by atoms with van der Waals surface area (Å²) in [6.07, 6.45) is 7.27. The Bertz CT molecular complexity index is 197. The molecule has 2 saturated heterocycles. The van der Waals surface area contributed by atoms with Crippen molar-refractivity contribution in [3.63, 3.8) is 0 Å². The summed E-state index contributed by atoms with van der Waals surface area (Å²) < 4.78 is 0. The Morgan fingerprint density at radius 3 is 2.44 bits per heavy atom. The van der Waals surface area contributed by atoms with Gasteiger partial charge in [0, 0.05) is 18.8 Å². The van der Waals surface area contributed by atoms with E-state index in [0.29, 0.717) is 0 Å². The Hall–Kier alpha value is -0.0800. The number of rotatable bonds is 3. The fraction of sp³-hybridized carbons (Fsp3) is 1.00. The van der Waals surface area contributed by atoms with Gasteiger partial charge < -0.3 is 9.80 Å². The summed E-state index contributed by atoms with van der Waals surface area (Å²) in [5.41, 5.74) is 0. The van der Waals surface area contributed by atoms with Crippen LogP contribution < -0.4 is 9.80 Å². The van der Waals surface area contributed by atoms with Crippen LogP contribution in [0.5, 0.6) is 0 Å². The van der Waals surface area contributed by atoms with Gasteiger partial charge in [-0.3, -0.25) is 0 Å². The third-order valence-corrected chi connectivity index (χ3v) is 4.68. The summed E-state index contributed by atoms with van der Waals surface area (Å²) in [5, 5.41) is 0. The van der Waals surface area contributed by atoms with E-state index in [1.807, 2.05) is 9.80 Å². The van der Waals surface area contributed by atoms with Gasteiger partial charge in [0.15, 0.2) is 0 Å². The van der Waals surface area contributed by atoms with Crippen LogP contribution in [0.1, 0.15) is 46.0 Å². The third-order valence-electron chi connectivity index (χ3n) is 4.68. The first-order valence-corrected chi connectivity index (χ1v) is 7.47. The standard InChI is InChI=1S/C14H28N2/c1-3-8-15-10-6-14(7-11-15)16-9-4-5-13(2)12-16/h13-14H,3-12H2,1-2H3/p+2/t13-/m0/s1. The van der Waals surface area contributed by atoms with Crippen LogP contribution in [0, 0.1) is 5.92 Å². The maximum absolute atomic E-state index is 2.44. The molecule has 16 heavy (non-hydrogen) atoms. The first-order chi connectivity index (χ1) is 7.79. The second-order valence-electron chi connectivity index (χ2n) is 6.13. The molecule has 0 bridgehead atoms. The topological polar surface area (TPSA) is 8.88 Å². The lowest BCUT2D eigenvalue weighted by Gasteiger charge is -2.37. The first-order valence-electron chi connectivity index (χ1n) is 7.47. The van der Waals surface area contributed by atoms with Gasteiger partial charge in [-0.15, -0.1) is 0 Å². The maximum atomic E-state index is 2.44. The molecule has 2 nitrogen and oxygen atoms in total. The molecule has 0 spiro atoms. The van der Waals surface area contributed by atoms with E-state index in [2.05, 4.69) is 13.8 Å². The average Bonchev–Trinajstić information content (AvgIpc) is 2.30. The SMILES string of the molecule is CCC[NH+]1CCC([NH+]2CCC[C@H](C)C2)CC1. The van der Waals surface area contributed by atoms with Gasteiger partial charge in [0.05, 0.1) is 38.8 Å². The van der Waals surface area contributed by atoms with E-state index in [9.17, 15) is 0 Å². The summed E-state index contributed by atoms with van der Waals surface area (Å²) in [5.74, 6) is 0.977. The molecule has 0 aromatic heterocycles. The van der Waals surface area contributed by atoms with Gasteiger partial charge in [-0.05, 0) is 19.3 Å². The summed E-state index contributed by atoms with van der Waals surface area (Å²) in [6.45, 7) is 11.9. The van der Waals surface area contributed by atoms with Crippen LogP contribution in [0.15, 0.2) is 0 Å². The van der Waals surface area contributed by atoms with E-state index in [0.717, 1.165) is 12.0 Å².